The van der Waals surface area contributed by atoms with E-state index in [1.807, 2.05) is 68.4 Å². The normalized spacial score (nSPS) is 11.6. The van der Waals surface area contributed by atoms with Crippen molar-refractivity contribution in [3.8, 4) is 11.8 Å². The molecule has 0 aliphatic heterocycles. The summed E-state index contributed by atoms with van der Waals surface area (Å²) >= 11 is 1.29. The molecule has 7 nitrogen and oxygen atoms in total. The number of hydrogen-bond donors (Lipinski definition) is 0. The van der Waals surface area contributed by atoms with Crippen LogP contribution in [0, 0.1) is 18.3 Å². The van der Waals surface area contributed by atoms with Crippen LogP contribution in [0.25, 0.3) is 5.69 Å². The number of nitriles is 1. The number of hydrogen-bond acceptors (Lipinski definition) is 6. The number of amides is 1. The maximum atomic E-state index is 13.1. The van der Waals surface area contributed by atoms with Gasteiger partial charge < -0.3 is 4.90 Å². The quantitative estimate of drug-likeness (QED) is 0.573. The molecule has 3 aromatic rings. The Morgan fingerprint density at radius 1 is 1.21 bits per heavy atom. The zero-order valence-corrected chi connectivity index (χ0v) is 16.5. The lowest BCUT2D eigenvalue weighted by Crippen LogP contribution is -2.37. The van der Waals surface area contributed by atoms with E-state index in [1.165, 1.54) is 11.8 Å². The van der Waals surface area contributed by atoms with E-state index >= 15 is 0 Å². The number of carbonyl (C=O) groups excluding carboxylic acids is 1. The minimum absolute atomic E-state index is 0.0910. The molecule has 2 aromatic carbocycles. The summed E-state index contributed by atoms with van der Waals surface area (Å²) in [5.74, 6) is -0.0910. The number of tetrazole rings is 1. The van der Waals surface area contributed by atoms with E-state index in [0.717, 1.165) is 16.9 Å². The molecule has 3 rings (SSSR count). The number of para-hydroxylation sites is 1. The van der Waals surface area contributed by atoms with Crippen molar-refractivity contribution in [1.82, 2.24) is 20.2 Å². The molecule has 0 saturated carbocycles. The average molecular weight is 392 g/mol. The third-order valence-corrected chi connectivity index (χ3v) is 5.15. The first-order chi connectivity index (χ1) is 13.6. The number of aryl methyl sites for hydroxylation is 1. The predicted octanol–water partition coefficient (Wildman–Crippen LogP) is 3.40. The highest BCUT2D eigenvalue weighted by Crippen LogP contribution is 2.26. The van der Waals surface area contributed by atoms with E-state index in [2.05, 4.69) is 21.6 Å². The molecule has 1 aromatic heterocycles. The van der Waals surface area contributed by atoms with Crippen LogP contribution in [0.2, 0.25) is 0 Å². The van der Waals surface area contributed by atoms with Gasteiger partial charge in [0.15, 0.2) is 0 Å². The first-order valence-corrected chi connectivity index (χ1v) is 9.73. The molecule has 1 heterocycles. The number of rotatable bonds is 7. The molecule has 8 heteroatoms. The standard InChI is InChI=1S/C20H20N6OS/c1-15-9-11-17(12-10-15)25(14-6-13-21)19(27)16(2)28-20-22-23-24-26(20)18-7-4-3-5-8-18/h3-5,7-12,16H,6,14H2,1-2H3. The monoisotopic (exact) mass is 392 g/mol. The molecular weight excluding hydrogens is 372 g/mol. The fourth-order valence-corrected chi connectivity index (χ4v) is 3.53. The summed E-state index contributed by atoms with van der Waals surface area (Å²) in [6.07, 6.45) is 0.263. The maximum Gasteiger partial charge on any atom is 0.240 e. The molecule has 142 valence electrons. The number of aromatic nitrogens is 4. The van der Waals surface area contributed by atoms with E-state index in [0.29, 0.717) is 11.7 Å². The highest BCUT2D eigenvalue weighted by molar-refractivity contribution is 8.00. The Balaban J connectivity index is 1.80. The van der Waals surface area contributed by atoms with E-state index in [9.17, 15) is 4.79 Å². The summed E-state index contributed by atoms with van der Waals surface area (Å²) in [5, 5.41) is 20.9. The van der Waals surface area contributed by atoms with Gasteiger partial charge in [0.05, 0.1) is 23.4 Å². The van der Waals surface area contributed by atoms with Gasteiger partial charge in [0, 0.05) is 12.2 Å². The van der Waals surface area contributed by atoms with E-state index in [1.54, 1.807) is 9.58 Å². The number of carbonyl (C=O) groups is 1. The van der Waals surface area contributed by atoms with Crippen LogP contribution < -0.4 is 4.90 Å². The molecule has 0 aliphatic rings. The molecular formula is C20H20N6OS. The van der Waals surface area contributed by atoms with Crippen LogP contribution in [0.3, 0.4) is 0 Å². The van der Waals surface area contributed by atoms with Crippen LogP contribution >= 0.6 is 11.8 Å². The van der Waals surface area contributed by atoms with Gasteiger partial charge in [-0.1, -0.05) is 47.7 Å². The Kier molecular flexibility index (Phi) is 6.40. The van der Waals surface area contributed by atoms with Crippen LogP contribution in [0.1, 0.15) is 18.9 Å². The Morgan fingerprint density at radius 2 is 1.93 bits per heavy atom. The predicted molar refractivity (Wildman–Crippen MR) is 108 cm³/mol. The molecule has 28 heavy (non-hydrogen) atoms. The summed E-state index contributed by atoms with van der Waals surface area (Å²) in [7, 11) is 0. The minimum Gasteiger partial charge on any atom is -0.310 e. The van der Waals surface area contributed by atoms with Crippen molar-refractivity contribution in [2.75, 3.05) is 11.4 Å². The molecule has 0 saturated heterocycles. The molecule has 1 unspecified atom stereocenters. The van der Waals surface area contributed by atoms with Gasteiger partial charge in [-0.25, -0.2) is 0 Å². The summed E-state index contributed by atoms with van der Waals surface area (Å²) in [5.41, 5.74) is 2.72. The van der Waals surface area contributed by atoms with Crippen molar-refractivity contribution < 1.29 is 4.79 Å². The zero-order chi connectivity index (χ0) is 19.9. The molecule has 0 radical (unpaired) electrons. The second-order valence-corrected chi connectivity index (χ2v) is 7.51. The fraction of sp³-hybridized carbons (Fsp3) is 0.250. The largest absolute Gasteiger partial charge is 0.310 e. The molecule has 1 amide bonds. The summed E-state index contributed by atoms with van der Waals surface area (Å²) in [4.78, 5) is 14.8. The topological polar surface area (TPSA) is 87.7 Å². The molecule has 0 bridgehead atoms. The molecule has 1 atom stereocenters. The molecule has 0 fully saturated rings. The second kappa shape index (κ2) is 9.15. The highest BCUT2D eigenvalue weighted by atomic mass is 32.2. The van der Waals surface area contributed by atoms with Gasteiger partial charge >= 0.3 is 0 Å². The van der Waals surface area contributed by atoms with Gasteiger partial charge in [0.1, 0.15) is 0 Å². The van der Waals surface area contributed by atoms with Crippen LogP contribution in [0.4, 0.5) is 5.69 Å². The first kappa shape index (κ1) is 19.6. The number of benzene rings is 2. The van der Waals surface area contributed by atoms with Crippen molar-refractivity contribution >= 4 is 23.4 Å². The molecule has 0 aliphatic carbocycles. The second-order valence-electron chi connectivity index (χ2n) is 6.20. The smallest absolute Gasteiger partial charge is 0.240 e. The van der Waals surface area contributed by atoms with Gasteiger partial charge in [-0.3, -0.25) is 4.79 Å². The highest BCUT2D eigenvalue weighted by Gasteiger charge is 2.25. The fourth-order valence-electron chi connectivity index (χ4n) is 2.66. The lowest BCUT2D eigenvalue weighted by molar-refractivity contribution is -0.117. The van der Waals surface area contributed by atoms with E-state index in [4.69, 9.17) is 5.26 Å². The Morgan fingerprint density at radius 3 is 2.61 bits per heavy atom. The van der Waals surface area contributed by atoms with Crippen molar-refractivity contribution in [3.05, 3.63) is 60.2 Å². The number of nitrogens with zero attached hydrogens (tertiary/aromatic N) is 6. The minimum atomic E-state index is -0.423. The van der Waals surface area contributed by atoms with E-state index in [-0.39, 0.29) is 12.3 Å². The Hall–Kier alpha value is -3.18. The van der Waals surface area contributed by atoms with Crippen molar-refractivity contribution in [1.29, 1.82) is 5.26 Å². The van der Waals surface area contributed by atoms with Gasteiger partial charge in [0.25, 0.3) is 0 Å². The van der Waals surface area contributed by atoms with Gasteiger partial charge in [-0.15, -0.1) is 5.10 Å². The van der Waals surface area contributed by atoms with Crippen LogP contribution in [-0.2, 0) is 4.79 Å². The maximum absolute atomic E-state index is 13.1. The number of thioether (sulfide) groups is 1. The van der Waals surface area contributed by atoms with Crippen molar-refractivity contribution in [2.45, 2.75) is 30.7 Å². The van der Waals surface area contributed by atoms with Crippen LogP contribution in [-0.4, -0.2) is 37.9 Å². The van der Waals surface area contributed by atoms with Gasteiger partial charge in [-0.2, -0.15) is 9.94 Å². The van der Waals surface area contributed by atoms with Crippen molar-refractivity contribution in [2.24, 2.45) is 0 Å². The Bertz CT molecular complexity index is 964. The van der Waals surface area contributed by atoms with Gasteiger partial charge in [0.2, 0.25) is 11.1 Å². The summed E-state index contributed by atoms with van der Waals surface area (Å²) in [6.45, 7) is 4.16. The molecule has 0 spiro atoms. The van der Waals surface area contributed by atoms with Crippen LogP contribution in [0.15, 0.2) is 59.8 Å². The Labute approximate surface area is 168 Å². The first-order valence-electron chi connectivity index (χ1n) is 8.85. The lowest BCUT2D eigenvalue weighted by atomic mass is 10.2. The van der Waals surface area contributed by atoms with E-state index < -0.39 is 5.25 Å². The SMILES string of the molecule is Cc1ccc(N(CCC#N)C(=O)C(C)Sc2nnnn2-c2ccccc2)cc1. The van der Waals surface area contributed by atoms with Gasteiger partial charge in [-0.05, 0) is 48.5 Å². The summed E-state index contributed by atoms with van der Waals surface area (Å²) in [6, 6.07) is 19.3. The third kappa shape index (κ3) is 4.56. The summed E-state index contributed by atoms with van der Waals surface area (Å²) < 4.78 is 1.61. The lowest BCUT2D eigenvalue weighted by Gasteiger charge is -2.25. The zero-order valence-electron chi connectivity index (χ0n) is 15.7. The number of anilines is 1. The third-order valence-electron chi connectivity index (χ3n) is 4.13. The molecule has 0 N–H and O–H groups in total. The average Bonchev–Trinajstić information content (AvgIpc) is 3.18. The van der Waals surface area contributed by atoms with Crippen LogP contribution in [0.5, 0.6) is 0 Å². The van der Waals surface area contributed by atoms with Crippen molar-refractivity contribution in [3.63, 3.8) is 0 Å².